The van der Waals surface area contributed by atoms with E-state index in [-0.39, 0.29) is 5.91 Å². The standard InChI is InChI=1S/C15H12ClNO3/c1-20-15(19)11-7-8-12(16)13(9-11)17-14(18)10-5-3-2-4-6-10/h2-9H,1H3,(H,17,18). The SMILES string of the molecule is COC(=O)c1ccc(Cl)c(NC(=O)c2ccccc2)c1. The molecule has 5 heteroatoms. The first kappa shape index (κ1) is 14.1. The lowest BCUT2D eigenvalue weighted by atomic mass is 10.1. The number of anilines is 1. The number of carbonyl (C=O) groups is 2. The van der Waals surface area contributed by atoms with E-state index in [4.69, 9.17) is 11.6 Å². The summed E-state index contributed by atoms with van der Waals surface area (Å²) in [6.45, 7) is 0. The lowest BCUT2D eigenvalue weighted by Gasteiger charge is -2.09. The molecular formula is C15H12ClNO3. The quantitative estimate of drug-likeness (QED) is 0.881. The second-order valence-electron chi connectivity index (χ2n) is 4.01. The van der Waals surface area contributed by atoms with Crippen LogP contribution in [0.3, 0.4) is 0 Å². The van der Waals surface area contributed by atoms with Crippen LogP contribution in [-0.4, -0.2) is 19.0 Å². The Hall–Kier alpha value is -2.33. The molecule has 0 heterocycles. The highest BCUT2D eigenvalue weighted by molar-refractivity contribution is 6.34. The monoisotopic (exact) mass is 289 g/mol. The van der Waals surface area contributed by atoms with Gasteiger partial charge in [0.1, 0.15) is 0 Å². The van der Waals surface area contributed by atoms with Crippen molar-refractivity contribution in [3.05, 3.63) is 64.7 Å². The highest BCUT2D eigenvalue weighted by atomic mass is 35.5. The van der Waals surface area contributed by atoms with Gasteiger partial charge in [0.2, 0.25) is 0 Å². The summed E-state index contributed by atoms with van der Waals surface area (Å²) in [6, 6.07) is 13.3. The van der Waals surface area contributed by atoms with Crippen LogP contribution in [0, 0.1) is 0 Å². The average Bonchev–Trinajstić information content (AvgIpc) is 2.49. The normalized spacial score (nSPS) is 9.90. The summed E-state index contributed by atoms with van der Waals surface area (Å²) in [5.74, 6) is -0.786. The molecule has 2 aromatic rings. The Bertz CT molecular complexity index is 641. The maximum absolute atomic E-state index is 12.0. The van der Waals surface area contributed by atoms with E-state index in [0.29, 0.717) is 21.8 Å². The first-order valence-corrected chi connectivity index (χ1v) is 6.24. The van der Waals surface area contributed by atoms with Crippen molar-refractivity contribution in [2.75, 3.05) is 12.4 Å². The molecule has 2 aromatic carbocycles. The molecule has 0 aliphatic rings. The van der Waals surface area contributed by atoms with Gasteiger partial charge in [-0.3, -0.25) is 4.79 Å². The van der Waals surface area contributed by atoms with Gasteiger partial charge >= 0.3 is 5.97 Å². The number of esters is 1. The molecule has 0 bridgehead atoms. The van der Waals surface area contributed by atoms with E-state index in [0.717, 1.165) is 0 Å². The van der Waals surface area contributed by atoms with Crippen molar-refractivity contribution < 1.29 is 14.3 Å². The third kappa shape index (κ3) is 3.16. The maximum Gasteiger partial charge on any atom is 0.337 e. The summed E-state index contributed by atoms with van der Waals surface area (Å²) < 4.78 is 4.63. The predicted molar refractivity (Wildman–Crippen MR) is 77.2 cm³/mol. The first-order chi connectivity index (χ1) is 9.61. The fourth-order valence-electron chi connectivity index (χ4n) is 1.65. The number of hydrogen-bond donors (Lipinski definition) is 1. The van der Waals surface area contributed by atoms with Crippen LogP contribution >= 0.6 is 11.6 Å². The zero-order valence-electron chi connectivity index (χ0n) is 10.7. The summed E-state index contributed by atoms with van der Waals surface area (Å²) >= 11 is 6.01. The Labute approximate surface area is 121 Å². The van der Waals surface area contributed by atoms with Crippen LogP contribution < -0.4 is 5.32 Å². The molecule has 0 radical (unpaired) electrons. The van der Waals surface area contributed by atoms with Crippen molar-refractivity contribution in [3.63, 3.8) is 0 Å². The maximum atomic E-state index is 12.0. The van der Waals surface area contributed by atoms with Crippen LogP contribution in [0.2, 0.25) is 5.02 Å². The largest absolute Gasteiger partial charge is 0.465 e. The Morgan fingerprint density at radius 3 is 2.40 bits per heavy atom. The second-order valence-corrected chi connectivity index (χ2v) is 4.41. The number of nitrogens with one attached hydrogen (secondary N) is 1. The van der Waals surface area contributed by atoms with Crippen LogP contribution in [0.4, 0.5) is 5.69 Å². The number of ether oxygens (including phenoxy) is 1. The van der Waals surface area contributed by atoms with E-state index in [1.807, 2.05) is 6.07 Å². The minimum Gasteiger partial charge on any atom is -0.465 e. The fourth-order valence-corrected chi connectivity index (χ4v) is 1.81. The molecule has 0 unspecified atom stereocenters. The molecule has 0 atom stereocenters. The van der Waals surface area contributed by atoms with Gasteiger partial charge in [-0.15, -0.1) is 0 Å². The Morgan fingerprint density at radius 1 is 1.05 bits per heavy atom. The van der Waals surface area contributed by atoms with Crippen LogP contribution in [0.25, 0.3) is 0 Å². The van der Waals surface area contributed by atoms with Gasteiger partial charge in [-0.2, -0.15) is 0 Å². The third-order valence-corrected chi connectivity index (χ3v) is 3.00. The van der Waals surface area contributed by atoms with Gasteiger partial charge in [0.05, 0.1) is 23.4 Å². The first-order valence-electron chi connectivity index (χ1n) is 5.86. The van der Waals surface area contributed by atoms with Crippen molar-refractivity contribution in [3.8, 4) is 0 Å². The van der Waals surface area contributed by atoms with E-state index < -0.39 is 5.97 Å². The highest BCUT2D eigenvalue weighted by Gasteiger charge is 2.12. The molecule has 1 N–H and O–H groups in total. The lowest BCUT2D eigenvalue weighted by molar-refractivity contribution is 0.0600. The van der Waals surface area contributed by atoms with E-state index in [1.165, 1.54) is 25.3 Å². The molecule has 0 aliphatic heterocycles. The average molecular weight is 290 g/mol. The van der Waals surface area contributed by atoms with Gasteiger partial charge in [0.15, 0.2) is 0 Å². The summed E-state index contributed by atoms with van der Waals surface area (Å²) in [5, 5.41) is 3.02. The van der Waals surface area contributed by atoms with Gasteiger partial charge in [-0.25, -0.2) is 4.79 Å². The topological polar surface area (TPSA) is 55.4 Å². The summed E-state index contributed by atoms with van der Waals surface area (Å²) in [7, 11) is 1.29. The molecule has 0 fully saturated rings. The Balaban J connectivity index is 2.25. The van der Waals surface area contributed by atoms with Crippen molar-refractivity contribution in [1.29, 1.82) is 0 Å². The fraction of sp³-hybridized carbons (Fsp3) is 0.0667. The summed E-state index contributed by atoms with van der Waals surface area (Å²) in [6.07, 6.45) is 0. The van der Waals surface area contributed by atoms with Crippen molar-refractivity contribution in [2.45, 2.75) is 0 Å². The summed E-state index contributed by atoms with van der Waals surface area (Å²) in [4.78, 5) is 23.5. The van der Waals surface area contributed by atoms with E-state index in [1.54, 1.807) is 24.3 Å². The molecule has 4 nitrogen and oxygen atoms in total. The van der Waals surface area contributed by atoms with Gasteiger partial charge in [0.25, 0.3) is 5.91 Å². The second kappa shape index (κ2) is 6.21. The molecule has 20 heavy (non-hydrogen) atoms. The van der Waals surface area contributed by atoms with Crippen molar-refractivity contribution >= 4 is 29.2 Å². The third-order valence-electron chi connectivity index (χ3n) is 2.67. The number of rotatable bonds is 3. The van der Waals surface area contributed by atoms with Crippen molar-refractivity contribution in [1.82, 2.24) is 0 Å². The number of amides is 1. The van der Waals surface area contributed by atoms with Crippen LogP contribution in [-0.2, 0) is 4.74 Å². The van der Waals surface area contributed by atoms with Gasteiger partial charge in [-0.1, -0.05) is 29.8 Å². The van der Waals surface area contributed by atoms with Crippen molar-refractivity contribution in [2.24, 2.45) is 0 Å². The van der Waals surface area contributed by atoms with Gasteiger partial charge in [-0.05, 0) is 30.3 Å². The number of carbonyl (C=O) groups excluding carboxylic acids is 2. The smallest absolute Gasteiger partial charge is 0.337 e. The molecule has 0 aliphatic carbocycles. The minimum absolute atomic E-state index is 0.297. The van der Waals surface area contributed by atoms with Crippen LogP contribution in [0.1, 0.15) is 20.7 Å². The Kier molecular flexibility index (Phi) is 4.38. The van der Waals surface area contributed by atoms with E-state index in [9.17, 15) is 9.59 Å². The predicted octanol–water partition coefficient (Wildman–Crippen LogP) is 3.38. The number of benzene rings is 2. The summed E-state index contributed by atoms with van der Waals surface area (Å²) in [5.41, 5.74) is 1.19. The lowest BCUT2D eigenvalue weighted by Crippen LogP contribution is -2.13. The van der Waals surface area contributed by atoms with Crippen LogP contribution in [0.15, 0.2) is 48.5 Å². The Morgan fingerprint density at radius 2 is 1.75 bits per heavy atom. The zero-order chi connectivity index (χ0) is 14.5. The molecule has 102 valence electrons. The molecule has 0 saturated heterocycles. The molecule has 0 saturated carbocycles. The molecule has 1 amide bonds. The number of hydrogen-bond acceptors (Lipinski definition) is 3. The van der Waals surface area contributed by atoms with Gasteiger partial charge in [0, 0.05) is 5.56 Å². The molecule has 2 rings (SSSR count). The highest BCUT2D eigenvalue weighted by Crippen LogP contribution is 2.24. The minimum atomic E-state index is -0.489. The number of halogens is 1. The number of methoxy groups -OCH3 is 1. The van der Waals surface area contributed by atoms with E-state index in [2.05, 4.69) is 10.1 Å². The van der Waals surface area contributed by atoms with E-state index >= 15 is 0 Å². The molecular weight excluding hydrogens is 278 g/mol. The molecule has 0 aromatic heterocycles. The zero-order valence-corrected chi connectivity index (χ0v) is 11.5. The molecule has 0 spiro atoms. The van der Waals surface area contributed by atoms with Crippen LogP contribution in [0.5, 0.6) is 0 Å². The van der Waals surface area contributed by atoms with Gasteiger partial charge < -0.3 is 10.1 Å².